The van der Waals surface area contributed by atoms with Crippen LogP contribution in [-0.2, 0) is 21.3 Å². The lowest BCUT2D eigenvalue weighted by atomic mass is 10.5. The predicted molar refractivity (Wildman–Crippen MR) is 74.2 cm³/mol. The molecular formula is C11H13ClN4O3S. The molecule has 108 valence electrons. The Bertz CT molecular complexity index is 686. The zero-order valence-corrected chi connectivity index (χ0v) is 12.2. The molecule has 0 aliphatic heterocycles. The normalized spacial score (nSPS) is 11.5. The highest BCUT2D eigenvalue weighted by molar-refractivity contribution is 7.92. The average Bonchev–Trinajstić information content (AvgIpc) is 2.83. The number of anilines is 1. The molecule has 0 aliphatic rings. The average molecular weight is 317 g/mol. The lowest BCUT2D eigenvalue weighted by Crippen LogP contribution is -2.12. The molecule has 1 N–H and O–H groups in total. The van der Waals surface area contributed by atoms with E-state index in [1.54, 1.807) is 18.0 Å². The van der Waals surface area contributed by atoms with Gasteiger partial charge in [-0.25, -0.2) is 13.4 Å². The third-order valence-corrected chi connectivity index (χ3v) is 4.00. The van der Waals surface area contributed by atoms with Crippen LogP contribution in [0.3, 0.4) is 0 Å². The minimum Gasteiger partial charge on any atom is -0.383 e. The molecule has 0 aliphatic carbocycles. The molecular weight excluding hydrogens is 304 g/mol. The maximum atomic E-state index is 12.1. The summed E-state index contributed by atoms with van der Waals surface area (Å²) in [7, 11) is -2.12. The summed E-state index contributed by atoms with van der Waals surface area (Å²) >= 11 is 5.68. The first-order chi connectivity index (χ1) is 9.51. The molecule has 0 bridgehead atoms. The quantitative estimate of drug-likeness (QED) is 0.814. The van der Waals surface area contributed by atoms with Crippen molar-refractivity contribution in [2.75, 3.05) is 18.4 Å². The number of methoxy groups -OCH3 is 1. The number of pyridine rings is 1. The van der Waals surface area contributed by atoms with E-state index in [2.05, 4.69) is 14.8 Å². The molecule has 0 fully saturated rings. The van der Waals surface area contributed by atoms with Gasteiger partial charge < -0.3 is 4.74 Å². The van der Waals surface area contributed by atoms with Gasteiger partial charge in [-0.15, -0.1) is 0 Å². The van der Waals surface area contributed by atoms with Crippen LogP contribution in [0, 0.1) is 0 Å². The number of sulfonamides is 1. The minimum atomic E-state index is -3.70. The predicted octanol–water partition coefficient (Wildman–Crippen LogP) is 1.38. The van der Waals surface area contributed by atoms with Crippen molar-refractivity contribution >= 4 is 27.3 Å². The van der Waals surface area contributed by atoms with E-state index in [-0.39, 0.29) is 10.0 Å². The number of nitrogens with one attached hydrogen (secondary N) is 1. The van der Waals surface area contributed by atoms with Crippen molar-refractivity contribution in [2.24, 2.45) is 0 Å². The number of halogens is 1. The summed E-state index contributed by atoms with van der Waals surface area (Å²) in [6.45, 7) is 1.03. The zero-order valence-electron chi connectivity index (χ0n) is 10.7. The zero-order chi connectivity index (χ0) is 14.6. The second-order valence-electron chi connectivity index (χ2n) is 3.90. The van der Waals surface area contributed by atoms with Crippen LogP contribution in [0.2, 0.25) is 5.15 Å². The van der Waals surface area contributed by atoms with Crippen molar-refractivity contribution in [1.82, 2.24) is 14.8 Å². The summed E-state index contributed by atoms with van der Waals surface area (Å²) < 4.78 is 33.2. The Labute approximate surface area is 121 Å². The number of hydrogen-bond donors (Lipinski definition) is 1. The van der Waals surface area contributed by atoms with E-state index >= 15 is 0 Å². The summed E-state index contributed by atoms with van der Waals surface area (Å²) in [6, 6.07) is 2.64. The topological polar surface area (TPSA) is 86.1 Å². The van der Waals surface area contributed by atoms with Crippen molar-refractivity contribution in [3.8, 4) is 0 Å². The highest BCUT2D eigenvalue weighted by Gasteiger charge is 2.15. The van der Waals surface area contributed by atoms with Gasteiger partial charge in [-0.3, -0.25) is 9.40 Å². The van der Waals surface area contributed by atoms with Crippen molar-refractivity contribution < 1.29 is 13.2 Å². The van der Waals surface area contributed by atoms with Crippen LogP contribution < -0.4 is 4.72 Å². The van der Waals surface area contributed by atoms with Crippen molar-refractivity contribution in [1.29, 1.82) is 0 Å². The molecule has 20 heavy (non-hydrogen) atoms. The van der Waals surface area contributed by atoms with Gasteiger partial charge in [0.15, 0.2) is 0 Å². The molecule has 0 unspecified atom stereocenters. The smallest absolute Gasteiger partial charge is 0.262 e. The molecule has 0 saturated carbocycles. The van der Waals surface area contributed by atoms with Crippen LogP contribution in [0.15, 0.2) is 35.6 Å². The first kappa shape index (κ1) is 14.8. The SMILES string of the molecule is COCCn1cc(NS(=O)(=O)c2ccnc(Cl)c2)cn1. The highest BCUT2D eigenvalue weighted by Crippen LogP contribution is 2.17. The van der Waals surface area contributed by atoms with Crippen LogP contribution in [-0.4, -0.2) is 36.9 Å². The second-order valence-corrected chi connectivity index (χ2v) is 5.97. The van der Waals surface area contributed by atoms with Crippen LogP contribution in [0.1, 0.15) is 0 Å². The van der Waals surface area contributed by atoms with Gasteiger partial charge >= 0.3 is 0 Å². The molecule has 7 nitrogen and oxygen atoms in total. The van der Waals surface area contributed by atoms with Gasteiger partial charge in [0.2, 0.25) is 0 Å². The Morgan fingerprint density at radius 2 is 2.30 bits per heavy atom. The van der Waals surface area contributed by atoms with Gasteiger partial charge in [-0.05, 0) is 12.1 Å². The number of hydrogen-bond acceptors (Lipinski definition) is 5. The van der Waals surface area contributed by atoms with Crippen molar-refractivity contribution in [2.45, 2.75) is 11.4 Å². The largest absolute Gasteiger partial charge is 0.383 e. The summed E-state index contributed by atoms with van der Waals surface area (Å²) in [5, 5.41) is 4.13. The van der Waals surface area contributed by atoms with Gasteiger partial charge in [0.05, 0.1) is 29.9 Å². The Morgan fingerprint density at radius 1 is 1.50 bits per heavy atom. The fourth-order valence-electron chi connectivity index (χ4n) is 1.49. The maximum Gasteiger partial charge on any atom is 0.262 e. The van der Waals surface area contributed by atoms with E-state index in [1.165, 1.54) is 24.5 Å². The summed E-state index contributed by atoms with van der Waals surface area (Å²) in [6.07, 6.45) is 4.34. The van der Waals surface area contributed by atoms with Gasteiger partial charge in [0.1, 0.15) is 5.15 Å². The van der Waals surface area contributed by atoms with Gasteiger partial charge in [-0.2, -0.15) is 5.10 Å². The van der Waals surface area contributed by atoms with Crippen LogP contribution in [0.5, 0.6) is 0 Å². The summed E-state index contributed by atoms with van der Waals surface area (Å²) in [5.41, 5.74) is 0.369. The Kier molecular flexibility index (Phi) is 4.58. The molecule has 2 rings (SSSR count). The summed E-state index contributed by atoms with van der Waals surface area (Å²) in [4.78, 5) is 3.78. The molecule has 2 heterocycles. The molecule has 0 atom stereocenters. The van der Waals surface area contributed by atoms with E-state index in [1.807, 2.05) is 0 Å². The maximum absolute atomic E-state index is 12.1. The van der Waals surface area contributed by atoms with Gasteiger partial charge in [0.25, 0.3) is 10.0 Å². The van der Waals surface area contributed by atoms with E-state index in [0.717, 1.165) is 0 Å². The number of ether oxygens (including phenoxy) is 1. The monoisotopic (exact) mass is 316 g/mol. The lowest BCUT2D eigenvalue weighted by Gasteiger charge is -2.05. The van der Waals surface area contributed by atoms with Gasteiger partial charge in [-0.1, -0.05) is 11.6 Å². The Balaban J connectivity index is 2.14. The molecule has 0 amide bonds. The summed E-state index contributed by atoms with van der Waals surface area (Å²) in [5.74, 6) is 0. The molecule has 0 radical (unpaired) electrons. The Hall–Kier alpha value is -1.64. The van der Waals surface area contributed by atoms with E-state index < -0.39 is 10.0 Å². The molecule has 2 aromatic heterocycles. The fourth-order valence-corrected chi connectivity index (χ4v) is 2.77. The second kappa shape index (κ2) is 6.21. The molecule has 0 saturated heterocycles. The van der Waals surface area contributed by atoms with E-state index in [4.69, 9.17) is 16.3 Å². The fraction of sp³-hybridized carbons (Fsp3) is 0.273. The Morgan fingerprint density at radius 3 is 3.00 bits per heavy atom. The van der Waals surface area contributed by atoms with Crippen molar-refractivity contribution in [3.05, 3.63) is 35.9 Å². The van der Waals surface area contributed by atoms with Crippen LogP contribution >= 0.6 is 11.6 Å². The number of rotatable bonds is 6. The highest BCUT2D eigenvalue weighted by atomic mass is 35.5. The van der Waals surface area contributed by atoms with Crippen LogP contribution in [0.4, 0.5) is 5.69 Å². The number of aromatic nitrogens is 3. The first-order valence-corrected chi connectivity index (χ1v) is 7.53. The molecule has 9 heteroatoms. The standard InChI is InChI=1S/C11H13ClN4O3S/c1-19-5-4-16-8-9(7-14-16)15-20(17,18)10-2-3-13-11(12)6-10/h2-3,6-8,15H,4-5H2,1H3. The van der Waals surface area contributed by atoms with Gasteiger partial charge in [0, 0.05) is 19.5 Å². The van der Waals surface area contributed by atoms with E-state index in [0.29, 0.717) is 18.8 Å². The third kappa shape index (κ3) is 3.69. The first-order valence-electron chi connectivity index (χ1n) is 5.67. The lowest BCUT2D eigenvalue weighted by molar-refractivity contribution is 0.183. The minimum absolute atomic E-state index is 0.0436. The molecule has 0 spiro atoms. The van der Waals surface area contributed by atoms with E-state index in [9.17, 15) is 8.42 Å². The number of nitrogens with zero attached hydrogens (tertiary/aromatic N) is 3. The molecule has 2 aromatic rings. The molecule has 0 aromatic carbocycles. The van der Waals surface area contributed by atoms with Crippen molar-refractivity contribution in [3.63, 3.8) is 0 Å². The van der Waals surface area contributed by atoms with Crippen LogP contribution in [0.25, 0.3) is 0 Å². The third-order valence-electron chi connectivity index (χ3n) is 2.42.